The van der Waals surface area contributed by atoms with Crippen molar-refractivity contribution in [3.05, 3.63) is 0 Å². The van der Waals surface area contributed by atoms with Crippen molar-refractivity contribution in [1.82, 2.24) is 4.31 Å². The van der Waals surface area contributed by atoms with E-state index in [2.05, 4.69) is 0 Å². The van der Waals surface area contributed by atoms with Gasteiger partial charge in [-0.3, -0.25) is 4.31 Å². The topological polar surface area (TPSA) is 12.5 Å². The quantitative estimate of drug-likeness (QED) is 0.326. The highest BCUT2D eigenvalue weighted by molar-refractivity contribution is 7.96. The molecule has 0 aliphatic carbocycles. The predicted octanol–water partition coefficient (Wildman–Crippen LogP) is 1.19. The lowest BCUT2D eigenvalue weighted by molar-refractivity contribution is 0.197. The van der Waals surface area contributed by atoms with Gasteiger partial charge in [0.1, 0.15) is 5.94 Å². The molecule has 0 heterocycles. The van der Waals surface area contributed by atoms with Crippen molar-refractivity contribution >= 4 is 11.9 Å². The second kappa shape index (κ2) is 5.41. The molecular weight excluding hydrogens is 122 g/mol. The number of hydrogen-bond donors (Lipinski definition) is 0. The van der Waals surface area contributed by atoms with Crippen LogP contribution in [-0.4, -0.2) is 30.9 Å². The molecule has 0 aromatic heterocycles. The van der Waals surface area contributed by atoms with E-state index in [4.69, 9.17) is 4.74 Å². The Morgan fingerprint density at radius 1 is 1.50 bits per heavy atom. The van der Waals surface area contributed by atoms with Crippen LogP contribution in [0.1, 0.15) is 6.92 Å². The molecule has 0 saturated heterocycles. The largest absolute Gasteiger partial charge is 0.370 e. The van der Waals surface area contributed by atoms with Crippen LogP contribution in [0, 0.1) is 0 Å². The highest BCUT2D eigenvalue weighted by Gasteiger charge is 1.86. The molecule has 0 unspecified atom stereocenters. The highest BCUT2D eigenvalue weighted by atomic mass is 32.2. The molecule has 3 heteroatoms. The molecule has 0 aromatic rings. The molecule has 0 fully saturated rings. The van der Waals surface area contributed by atoms with Gasteiger partial charge in [-0.05, 0) is 21.0 Å². The van der Waals surface area contributed by atoms with Crippen LogP contribution in [0.5, 0.6) is 0 Å². The number of rotatable bonds is 4. The number of ether oxygens (including phenoxy) is 1. The smallest absolute Gasteiger partial charge is 0.106 e. The maximum atomic E-state index is 5.07. The van der Waals surface area contributed by atoms with Crippen LogP contribution in [-0.2, 0) is 4.74 Å². The maximum Gasteiger partial charge on any atom is 0.106 e. The minimum absolute atomic E-state index is 0.767. The fraction of sp³-hybridized carbons (Fsp3) is 1.00. The third kappa shape index (κ3) is 6.27. The zero-order valence-corrected chi connectivity index (χ0v) is 6.49. The lowest BCUT2D eigenvalue weighted by Crippen LogP contribution is -2.02. The second-order valence-electron chi connectivity index (χ2n) is 1.55. The summed E-state index contributed by atoms with van der Waals surface area (Å²) < 4.78 is 7.09. The Bertz CT molecular complexity index is 49.7. The van der Waals surface area contributed by atoms with E-state index in [9.17, 15) is 0 Å². The summed E-state index contributed by atoms with van der Waals surface area (Å²) >= 11 is 1.67. The van der Waals surface area contributed by atoms with Crippen LogP contribution in [0.4, 0.5) is 0 Å². The third-order valence-corrected chi connectivity index (χ3v) is 1.39. The number of hydrogen-bond acceptors (Lipinski definition) is 3. The molecule has 0 spiro atoms. The van der Waals surface area contributed by atoms with Crippen molar-refractivity contribution in [1.29, 1.82) is 0 Å². The summed E-state index contributed by atoms with van der Waals surface area (Å²) in [6.45, 7) is 2.80. The molecule has 0 aliphatic heterocycles. The molecule has 0 atom stereocenters. The fourth-order valence-electron chi connectivity index (χ4n) is 0.226. The van der Waals surface area contributed by atoms with Gasteiger partial charge in [-0.1, -0.05) is 11.9 Å². The van der Waals surface area contributed by atoms with E-state index in [0.29, 0.717) is 0 Å². The van der Waals surface area contributed by atoms with Gasteiger partial charge in [-0.2, -0.15) is 0 Å². The van der Waals surface area contributed by atoms with E-state index in [0.717, 1.165) is 12.5 Å². The van der Waals surface area contributed by atoms with Gasteiger partial charge < -0.3 is 4.74 Å². The fourth-order valence-corrected chi connectivity index (χ4v) is 0.678. The molecule has 0 bridgehead atoms. The lowest BCUT2D eigenvalue weighted by atomic mass is 10.9. The molecule has 0 aromatic carbocycles. The summed E-state index contributed by atoms with van der Waals surface area (Å²) in [5.74, 6) is 0.767. The predicted molar refractivity (Wildman–Crippen MR) is 37.8 cm³/mol. The molecular formula is C5H13NOS. The average Bonchev–Trinajstić information content (AvgIpc) is 1.66. The summed E-state index contributed by atoms with van der Waals surface area (Å²) in [5, 5.41) is 0. The second-order valence-corrected chi connectivity index (χ2v) is 2.78. The molecule has 50 valence electrons. The summed E-state index contributed by atoms with van der Waals surface area (Å²) in [4.78, 5) is 0. The van der Waals surface area contributed by atoms with Crippen LogP contribution >= 0.6 is 11.9 Å². The highest BCUT2D eigenvalue weighted by Crippen LogP contribution is 2.01. The van der Waals surface area contributed by atoms with E-state index >= 15 is 0 Å². The van der Waals surface area contributed by atoms with Crippen LogP contribution in [0.3, 0.4) is 0 Å². The van der Waals surface area contributed by atoms with E-state index in [1.807, 2.05) is 25.3 Å². The first kappa shape index (κ1) is 8.27. The van der Waals surface area contributed by atoms with Crippen molar-refractivity contribution in [3.8, 4) is 0 Å². The maximum absolute atomic E-state index is 5.07. The van der Waals surface area contributed by atoms with E-state index in [1.54, 1.807) is 11.9 Å². The standard InChI is InChI=1S/C5H13NOS/c1-4-7-5-8-6(2)3/h4-5H2,1-3H3. The van der Waals surface area contributed by atoms with Crippen molar-refractivity contribution in [2.45, 2.75) is 6.92 Å². The summed E-state index contributed by atoms with van der Waals surface area (Å²) in [7, 11) is 4.01. The minimum atomic E-state index is 0.767. The Kier molecular flexibility index (Phi) is 5.59. The Morgan fingerprint density at radius 3 is 2.50 bits per heavy atom. The van der Waals surface area contributed by atoms with E-state index < -0.39 is 0 Å². The molecule has 8 heavy (non-hydrogen) atoms. The summed E-state index contributed by atoms with van der Waals surface area (Å²) in [5.41, 5.74) is 0. The van der Waals surface area contributed by atoms with Gasteiger partial charge in [0, 0.05) is 6.61 Å². The Morgan fingerprint density at radius 2 is 2.12 bits per heavy atom. The Balaban J connectivity index is 2.72. The molecule has 2 nitrogen and oxygen atoms in total. The summed E-state index contributed by atoms with van der Waals surface area (Å²) in [6, 6.07) is 0. The normalized spacial score (nSPS) is 10.5. The zero-order valence-electron chi connectivity index (χ0n) is 5.68. The van der Waals surface area contributed by atoms with Crippen LogP contribution in [0.25, 0.3) is 0 Å². The third-order valence-electron chi connectivity index (χ3n) is 0.598. The minimum Gasteiger partial charge on any atom is -0.370 e. The molecule has 0 N–H and O–H groups in total. The first-order valence-electron chi connectivity index (χ1n) is 2.65. The van der Waals surface area contributed by atoms with Crippen LogP contribution in [0.15, 0.2) is 0 Å². The summed E-state index contributed by atoms with van der Waals surface area (Å²) in [6.07, 6.45) is 0. The van der Waals surface area contributed by atoms with Gasteiger partial charge >= 0.3 is 0 Å². The van der Waals surface area contributed by atoms with Gasteiger partial charge in [-0.25, -0.2) is 0 Å². The van der Waals surface area contributed by atoms with Gasteiger partial charge in [0.2, 0.25) is 0 Å². The molecule has 0 amide bonds. The van der Waals surface area contributed by atoms with Crippen molar-refractivity contribution in [2.24, 2.45) is 0 Å². The van der Waals surface area contributed by atoms with Crippen LogP contribution < -0.4 is 0 Å². The van der Waals surface area contributed by atoms with Gasteiger partial charge in [0.25, 0.3) is 0 Å². The molecule has 0 saturated carbocycles. The van der Waals surface area contributed by atoms with Crippen molar-refractivity contribution in [3.63, 3.8) is 0 Å². The SMILES string of the molecule is CCOCSN(C)C. The van der Waals surface area contributed by atoms with Crippen LogP contribution in [0.2, 0.25) is 0 Å². The number of nitrogens with zero attached hydrogens (tertiary/aromatic N) is 1. The Labute approximate surface area is 55.3 Å². The lowest BCUT2D eigenvalue weighted by Gasteiger charge is -2.06. The molecule has 0 radical (unpaired) electrons. The van der Waals surface area contributed by atoms with E-state index in [1.165, 1.54) is 0 Å². The average molecular weight is 135 g/mol. The van der Waals surface area contributed by atoms with Crippen molar-refractivity contribution in [2.75, 3.05) is 26.6 Å². The first-order valence-corrected chi connectivity index (χ1v) is 3.59. The zero-order chi connectivity index (χ0) is 6.41. The molecule has 0 aliphatic rings. The van der Waals surface area contributed by atoms with Gasteiger partial charge in [0.15, 0.2) is 0 Å². The molecule has 0 rings (SSSR count). The monoisotopic (exact) mass is 135 g/mol. The van der Waals surface area contributed by atoms with Gasteiger partial charge in [0.05, 0.1) is 0 Å². The first-order chi connectivity index (χ1) is 3.77. The Hall–Kier alpha value is 0.270. The van der Waals surface area contributed by atoms with E-state index in [-0.39, 0.29) is 0 Å². The van der Waals surface area contributed by atoms with Gasteiger partial charge in [-0.15, -0.1) is 0 Å². The van der Waals surface area contributed by atoms with Crippen molar-refractivity contribution < 1.29 is 4.74 Å².